The van der Waals surface area contributed by atoms with Gasteiger partial charge in [-0.3, -0.25) is 9.69 Å². The molecule has 1 fully saturated rings. The molecule has 0 radical (unpaired) electrons. The molecule has 0 spiro atoms. The summed E-state index contributed by atoms with van der Waals surface area (Å²) in [6.45, 7) is 8.25. The van der Waals surface area contributed by atoms with E-state index in [0.717, 1.165) is 50.6 Å². The van der Waals surface area contributed by atoms with Gasteiger partial charge in [0.15, 0.2) is 0 Å². The fourth-order valence-electron chi connectivity index (χ4n) is 2.25. The number of carbonyl (C=O) groups excluding carboxylic acids is 1. The molecule has 1 aromatic heterocycles. The van der Waals surface area contributed by atoms with Gasteiger partial charge in [0, 0.05) is 45.2 Å². The molecule has 2 rings (SSSR count). The van der Waals surface area contributed by atoms with Crippen molar-refractivity contribution in [1.29, 1.82) is 0 Å². The Morgan fingerprint density at radius 3 is 2.67 bits per heavy atom. The summed E-state index contributed by atoms with van der Waals surface area (Å²) in [6, 6.07) is 1.97. The molecular weight excluding hydrogens is 230 g/mol. The van der Waals surface area contributed by atoms with Crippen LogP contribution in [-0.4, -0.2) is 47.0 Å². The molecule has 18 heavy (non-hydrogen) atoms. The molecular formula is C13H21N3O2. The molecule has 0 N–H and O–H groups in total. The topological polar surface area (TPSA) is 49.6 Å². The van der Waals surface area contributed by atoms with Crippen LogP contribution in [0.2, 0.25) is 0 Å². The lowest BCUT2D eigenvalue weighted by molar-refractivity contribution is -0.133. The summed E-state index contributed by atoms with van der Waals surface area (Å²) in [7, 11) is 0. The second kappa shape index (κ2) is 6.00. The lowest BCUT2D eigenvalue weighted by Crippen LogP contribution is -2.48. The van der Waals surface area contributed by atoms with Gasteiger partial charge in [-0.1, -0.05) is 12.1 Å². The van der Waals surface area contributed by atoms with E-state index in [1.165, 1.54) is 0 Å². The van der Waals surface area contributed by atoms with Crippen molar-refractivity contribution < 1.29 is 9.32 Å². The average molecular weight is 251 g/mol. The molecule has 0 aliphatic carbocycles. The first-order valence-corrected chi connectivity index (χ1v) is 6.61. The van der Waals surface area contributed by atoms with Gasteiger partial charge in [0.1, 0.15) is 5.76 Å². The van der Waals surface area contributed by atoms with E-state index in [0.29, 0.717) is 6.42 Å². The SMILES string of the molecule is CCCC(=O)N1CCN(Cc2cc(C)on2)CC1. The number of aryl methyl sites for hydroxylation is 1. The van der Waals surface area contributed by atoms with Crippen molar-refractivity contribution in [3.63, 3.8) is 0 Å². The zero-order chi connectivity index (χ0) is 13.0. The molecule has 1 aromatic rings. The van der Waals surface area contributed by atoms with Crippen molar-refractivity contribution in [1.82, 2.24) is 15.0 Å². The third kappa shape index (κ3) is 3.32. The van der Waals surface area contributed by atoms with Crippen molar-refractivity contribution in [3.05, 3.63) is 17.5 Å². The van der Waals surface area contributed by atoms with Gasteiger partial charge in [-0.15, -0.1) is 0 Å². The van der Waals surface area contributed by atoms with Gasteiger partial charge in [0.2, 0.25) is 5.91 Å². The van der Waals surface area contributed by atoms with Crippen LogP contribution in [0.1, 0.15) is 31.2 Å². The van der Waals surface area contributed by atoms with Crippen molar-refractivity contribution in [3.8, 4) is 0 Å². The number of hydrogen-bond donors (Lipinski definition) is 0. The largest absolute Gasteiger partial charge is 0.361 e. The minimum Gasteiger partial charge on any atom is -0.361 e. The number of hydrogen-bond acceptors (Lipinski definition) is 4. The average Bonchev–Trinajstić information content (AvgIpc) is 2.76. The third-order valence-corrected chi connectivity index (χ3v) is 3.25. The molecule has 5 nitrogen and oxygen atoms in total. The summed E-state index contributed by atoms with van der Waals surface area (Å²) in [5, 5.41) is 4.00. The number of aromatic nitrogens is 1. The monoisotopic (exact) mass is 251 g/mol. The number of rotatable bonds is 4. The predicted molar refractivity (Wildman–Crippen MR) is 68.0 cm³/mol. The first-order chi connectivity index (χ1) is 8.69. The second-order valence-electron chi connectivity index (χ2n) is 4.84. The molecule has 0 aromatic carbocycles. The van der Waals surface area contributed by atoms with E-state index in [2.05, 4.69) is 10.1 Å². The van der Waals surface area contributed by atoms with Gasteiger partial charge >= 0.3 is 0 Å². The molecule has 0 bridgehead atoms. The number of carbonyl (C=O) groups is 1. The molecule has 0 atom stereocenters. The van der Waals surface area contributed by atoms with Crippen LogP contribution in [0.5, 0.6) is 0 Å². The van der Waals surface area contributed by atoms with E-state index >= 15 is 0 Å². The fraction of sp³-hybridized carbons (Fsp3) is 0.692. The zero-order valence-electron chi connectivity index (χ0n) is 11.2. The van der Waals surface area contributed by atoms with E-state index in [-0.39, 0.29) is 5.91 Å². The Morgan fingerprint density at radius 1 is 1.39 bits per heavy atom. The standard InChI is InChI=1S/C13H21N3O2/c1-3-4-13(17)16-7-5-15(6-8-16)10-12-9-11(2)18-14-12/h9H,3-8,10H2,1-2H3. The molecule has 5 heteroatoms. The highest BCUT2D eigenvalue weighted by Crippen LogP contribution is 2.10. The van der Waals surface area contributed by atoms with E-state index in [4.69, 9.17) is 4.52 Å². The Balaban J connectivity index is 1.78. The van der Waals surface area contributed by atoms with Crippen LogP contribution in [-0.2, 0) is 11.3 Å². The van der Waals surface area contributed by atoms with Crippen LogP contribution in [0, 0.1) is 6.92 Å². The quantitative estimate of drug-likeness (QED) is 0.812. The zero-order valence-corrected chi connectivity index (χ0v) is 11.2. The molecule has 100 valence electrons. The highest BCUT2D eigenvalue weighted by molar-refractivity contribution is 5.76. The van der Waals surface area contributed by atoms with Crippen molar-refractivity contribution in [2.75, 3.05) is 26.2 Å². The maximum Gasteiger partial charge on any atom is 0.222 e. The van der Waals surface area contributed by atoms with Gasteiger partial charge in [-0.05, 0) is 13.3 Å². The molecule has 1 amide bonds. The Morgan fingerprint density at radius 2 is 2.11 bits per heavy atom. The maximum absolute atomic E-state index is 11.7. The van der Waals surface area contributed by atoms with Gasteiger partial charge in [0.05, 0.1) is 5.69 Å². The van der Waals surface area contributed by atoms with Crippen molar-refractivity contribution >= 4 is 5.91 Å². The Bertz CT molecular complexity index is 395. The normalized spacial score (nSPS) is 17.1. The Kier molecular flexibility index (Phi) is 4.36. The Hall–Kier alpha value is -1.36. The van der Waals surface area contributed by atoms with Gasteiger partial charge in [-0.25, -0.2) is 0 Å². The van der Waals surface area contributed by atoms with Crippen LogP contribution in [0.25, 0.3) is 0 Å². The first-order valence-electron chi connectivity index (χ1n) is 6.61. The van der Waals surface area contributed by atoms with E-state index in [1.807, 2.05) is 24.8 Å². The predicted octanol–water partition coefficient (Wildman–Crippen LogP) is 1.43. The smallest absolute Gasteiger partial charge is 0.222 e. The van der Waals surface area contributed by atoms with Crippen LogP contribution in [0.15, 0.2) is 10.6 Å². The van der Waals surface area contributed by atoms with E-state index in [1.54, 1.807) is 0 Å². The third-order valence-electron chi connectivity index (χ3n) is 3.25. The maximum atomic E-state index is 11.7. The van der Waals surface area contributed by atoms with Crippen molar-refractivity contribution in [2.45, 2.75) is 33.2 Å². The summed E-state index contributed by atoms with van der Waals surface area (Å²) >= 11 is 0. The van der Waals surface area contributed by atoms with Gasteiger partial charge in [-0.2, -0.15) is 0 Å². The molecule has 2 heterocycles. The van der Waals surface area contributed by atoms with Crippen molar-refractivity contribution in [2.24, 2.45) is 0 Å². The number of piperazine rings is 1. The number of nitrogens with zero attached hydrogens (tertiary/aromatic N) is 3. The highest BCUT2D eigenvalue weighted by Gasteiger charge is 2.20. The molecule has 1 aliphatic rings. The van der Waals surface area contributed by atoms with Crippen LogP contribution >= 0.6 is 0 Å². The van der Waals surface area contributed by atoms with Gasteiger partial charge in [0.25, 0.3) is 0 Å². The molecule has 0 saturated carbocycles. The minimum atomic E-state index is 0.287. The minimum absolute atomic E-state index is 0.287. The summed E-state index contributed by atoms with van der Waals surface area (Å²) < 4.78 is 5.06. The second-order valence-corrected chi connectivity index (χ2v) is 4.84. The molecule has 0 unspecified atom stereocenters. The lowest BCUT2D eigenvalue weighted by Gasteiger charge is -2.34. The van der Waals surface area contributed by atoms with Gasteiger partial charge < -0.3 is 9.42 Å². The molecule has 1 saturated heterocycles. The summed E-state index contributed by atoms with van der Waals surface area (Å²) in [4.78, 5) is 16.0. The summed E-state index contributed by atoms with van der Waals surface area (Å²) in [5.74, 6) is 1.14. The first kappa shape index (κ1) is 13.1. The Labute approximate surface area is 108 Å². The summed E-state index contributed by atoms with van der Waals surface area (Å²) in [5.41, 5.74) is 0.973. The molecule has 1 aliphatic heterocycles. The van der Waals surface area contributed by atoms with Crippen LogP contribution < -0.4 is 0 Å². The number of amides is 1. The van der Waals surface area contributed by atoms with E-state index < -0.39 is 0 Å². The lowest BCUT2D eigenvalue weighted by atomic mass is 10.2. The fourth-order valence-corrected chi connectivity index (χ4v) is 2.25. The highest BCUT2D eigenvalue weighted by atomic mass is 16.5. The van der Waals surface area contributed by atoms with Crippen LogP contribution in [0.4, 0.5) is 0 Å². The van der Waals surface area contributed by atoms with E-state index in [9.17, 15) is 4.79 Å². The van der Waals surface area contributed by atoms with Crippen LogP contribution in [0.3, 0.4) is 0 Å². The summed E-state index contributed by atoms with van der Waals surface area (Å²) in [6.07, 6.45) is 1.60.